The number of nitrogens with zero attached hydrogens (tertiary/aromatic N) is 2. The maximum Gasteiger partial charge on any atom is 0.411 e. The standard InChI is InChI=1S/C13H21F3N4O/c1-8-9(17)19-11(12(2,3)4)20-10(8)18-5-6-21-7-13(14,15)16/h5-7H2,1-4H3,(H3,17,18,19,20). The largest absolute Gasteiger partial charge is 0.411 e. The molecule has 0 aliphatic carbocycles. The van der Waals surface area contributed by atoms with E-state index < -0.39 is 12.8 Å². The van der Waals surface area contributed by atoms with Crippen LogP contribution in [0.15, 0.2) is 0 Å². The SMILES string of the molecule is Cc1c(N)nc(C(C)(C)C)nc1NCCOCC(F)(F)F. The second-order valence-corrected chi connectivity index (χ2v) is 5.75. The Kier molecular flexibility index (Phi) is 5.38. The van der Waals surface area contributed by atoms with Crippen molar-refractivity contribution in [3.63, 3.8) is 0 Å². The van der Waals surface area contributed by atoms with Gasteiger partial charge in [-0.25, -0.2) is 9.97 Å². The van der Waals surface area contributed by atoms with E-state index in [1.54, 1.807) is 6.92 Å². The molecule has 1 aromatic rings. The number of halogens is 3. The van der Waals surface area contributed by atoms with Crippen LogP contribution in [0.2, 0.25) is 0 Å². The van der Waals surface area contributed by atoms with Gasteiger partial charge in [0.05, 0.1) is 6.61 Å². The van der Waals surface area contributed by atoms with Crippen LogP contribution in [-0.2, 0) is 10.2 Å². The zero-order chi connectivity index (χ0) is 16.3. The van der Waals surface area contributed by atoms with Crippen molar-refractivity contribution in [1.82, 2.24) is 9.97 Å². The van der Waals surface area contributed by atoms with Gasteiger partial charge < -0.3 is 15.8 Å². The smallest absolute Gasteiger partial charge is 0.383 e. The fourth-order valence-electron chi connectivity index (χ4n) is 1.47. The van der Waals surface area contributed by atoms with Crippen LogP contribution in [-0.4, -0.2) is 35.9 Å². The van der Waals surface area contributed by atoms with Crippen molar-refractivity contribution in [2.45, 2.75) is 39.3 Å². The predicted molar refractivity (Wildman–Crippen MR) is 75.2 cm³/mol. The molecule has 0 amide bonds. The number of hydrogen-bond donors (Lipinski definition) is 2. The maximum absolute atomic E-state index is 11.9. The first-order chi connectivity index (χ1) is 9.50. The number of alkyl halides is 3. The van der Waals surface area contributed by atoms with Crippen molar-refractivity contribution in [1.29, 1.82) is 0 Å². The van der Waals surface area contributed by atoms with E-state index in [2.05, 4.69) is 20.0 Å². The van der Waals surface area contributed by atoms with Crippen molar-refractivity contribution in [3.8, 4) is 0 Å². The predicted octanol–water partition coefficient (Wildman–Crippen LogP) is 2.66. The lowest BCUT2D eigenvalue weighted by Gasteiger charge is -2.19. The lowest BCUT2D eigenvalue weighted by Crippen LogP contribution is -2.22. The average molecular weight is 306 g/mol. The summed E-state index contributed by atoms with van der Waals surface area (Å²) in [5, 5.41) is 2.93. The quantitative estimate of drug-likeness (QED) is 0.818. The fourth-order valence-corrected chi connectivity index (χ4v) is 1.47. The Labute approximate surface area is 122 Å². The van der Waals surface area contributed by atoms with Crippen LogP contribution in [0.5, 0.6) is 0 Å². The summed E-state index contributed by atoms with van der Waals surface area (Å²) >= 11 is 0. The molecule has 1 aromatic heterocycles. The molecule has 0 aromatic carbocycles. The molecule has 0 radical (unpaired) electrons. The minimum atomic E-state index is -4.31. The maximum atomic E-state index is 11.9. The van der Waals surface area contributed by atoms with Crippen LogP contribution < -0.4 is 11.1 Å². The number of aromatic nitrogens is 2. The van der Waals surface area contributed by atoms with Crippen LogP contribution in [0.25, 0.3) is 0 Å². The zero-order valence-electron chi connectivity index (χ0n) is 12.6. The van der Waals surface area contributed by atoms with Crippen molar-refractivity contribution in [3.05, 3.63) is 11.4 Å². The normalized spacial score (nSPS) is 12.5. The van der Waals surface area contributed by atoms with Gasteiger partial charge in [0.1, 0.15) is 24.1 Å². The van der Waals surface area contributed by atoms with Crippen molar-refractivity contribution in [2.75, 3.05) is 30.8 Å². The number of ether oxygens (including phenoxy) is 1. The molecule has 5 nitrogen and oxygen atoms in total. The molecule has 0 bridgehead atoms. The van der Waals surface area contributed by atoms with Crippen LogP contribution in [0.1, 0.15) is 32.2 Å². The first-order valence-corrected chi connectivity index (χ1v) is 6.53. The summed E-state index contributed by atoms with van der Waals surface area (Å²) in [6, 6.07) is 0. The molecule has 0 spiro atoms. The van der Waals surface area contributed by atoms with E-state index in [1.807, 2.05) is 20.8 Å². The second kappa shape index (κ2) is 6.46. The molecule has 0 atom stereocenters. The monoisotopic (exact) mass is 306 g/mol. The van der Waals surface area contributed by atoms with Gasteiger partial charge in [0, 0.05) is 17.5 Å². The summed E-state index contributed by atoms with van der Waals surface area (Å²) in [4.78, 5) is 8.60. The van der Waals surface area contributed by atoms with Gasteiger partial charge in [0.2, 0.25) is 0 Å². The number of nitrogen functional groups attached to an aromatic ring is 1. The highest BCUT2D eigenvalue weighted by Crippen LogP contribution is 2.24. The second-order valence-electron chi connectivity index (χ2n) is 5.75. The fraction of sp³-hybridized carbons (Fsp3) is 0.692. The van der Waals surface area contributed by atoms with Crippen molar-refractivity contribution >= 4 is 11.6 Å². The van der Waals surface area contributed by atoms with Gasteiger partial charge >= 0.3 is 6.18 Å². The van der Waals surface area contributed by atoms with E-state index in [-0.39, 0.29) is 18.6 Å². The molecule has 120 valence electrons. The van der Waals surface area contributed by atoms with E-state index >= 15 is 0 Å². The third-order valence-corrected chi connectivity index (χ3v) is 2.66. The van der Waals surface area contributed by atoms with Gasteiger partial charge in [-0.2, -0.15) is 13.2 Å². The first-order valence-electron chi connectivity index (χ1n) is 6.53. The molecule has 3 N–H and O–H groups in total. The van der Waals surface area contributed by atoms with Gasteiger partial charge in [-0.05, 0) is 6.92 Å². The Morgan fingerprint density at radius 2 is 1.81 bits per heavy atom. The van der Waals surface area contributed by atoms with Gasteiger partial charge in [-0.15, -0.1) is 0 Å². The molecule has 1 heterocycles. The highest BCUT2D eigenvalue weighted by atomic mass is 19.4. The molecule has 0 saturated heterocycles. The molecule has 0 aliphatic heterocycles. The van der Waals surface area contributed by atoms with E-state index in [0.717, 1.165) is 0 Å². The van der Waals surface area contributed by atoms with Crippen LogP contribution >= 0.6 is 0 Å². The summed E-state index contributed by atoms with van der Waals surface area (Å²) in [5.74, 6) is 1.45. The van der Waals surface area contributed by atoms with Crippen LogP contribution in [0.4, 0.5) is 24.8 Å². The molecule has 0 unspecified atom stereocenters. The third kappa shape index (κ3) is 5.74. The topological polar surface area (TPSA) is 73.1 Å². The highest BCUT2D eigenvalue weighted by Gasteiger charge is 2.27. The van der Waals surface area contributed by atoms with Crippen LogP contribution in [0.3, 0.4) is 0 Å². The highest BCUT2D eigenvalue weighted by molar-refractivity contribution is 5.55. The van der Waals surface area contributed by atoms with E-state index in [4.69, 9.17) is 5.73 Å². The Balaban J connectivity index is 2.65. The Hall–Kier alpha value is -1.57. The average Bonchev–Trinajstić information content (AvgIpc) is 2.30. The summed E-state index contributed by atoms with van der Waals surface area (Å²) in [6.07, 6.45) is -4.31. The molecule has 1 rings (SSSR count). The summed E-state index contributed by atoms with van der Waals surface area (Å²) in [7, 11) is 0. The van der Waals surface area contributed by atoms with E-state index in [0.29, 0.717) is 23.0 Å². The first kappa shape index (κ1) is 17.5. The lowest BCUT2D eigenvalue weighted by molar-refractivity contribution is -0.172. The molecule has 8 heteroatoms. The zero-order valence-corrected chi connectivity index (χ0v) is 12.6. The van der Waals surface area contributed by atoms with Crippen molar-refractivity contribution < 1.29 is 17.9 Å². The minimum Gasteiger partial charge on any atom is -0.383 e. The summed E-state index contributed by atoms with van der Waals surface area (Å²) in [5.41, 5.74) is 6.23. The molecule has 21 heavy (non-hydrogen) atoms. The number of anilines is 2. The molecular formula is C13H21F3N4O. The van der Waals surface area contributed by atoms with Crippen molar-refractivity contribution in [2.24, 2.45) is 0 Å². The lowest BCUT2D eigenvalue weighted by atomic mass is 9.95. The van der Waals surface area contributed by atoms with Gasteiger partial charge in [-0.3, -0.25) is 0 Å². The number of nitrogens with two attached hydrogens (primary N) is 1. The van der Waals surface area contributed by atoms with E-state index in [9.17, 15) is 13.2 Å². The number of nitrogens with one attached hydrogen (secondary N) is 1. The third-order valence-electron chi connectivity index (χ3n) is 2.66. The minimum absolute atomic E-state index is 0.0757. The number of rotatable bonds is 5. The Morgan fingerprint density at radius 1 is 1.19 bits per heavy atom. The Morgan fingerprint density at radius 3 is 2.33 bits per heavy atom. The van der Waals surface area contributed by atoms with Gasteiger partial charge in [0.15, 0.2) is 0 Å². The molecule has 0 saturated carbocycles. The number of hydrogen-bond acceptors (Lipinski definition) is 5. The Bertz CT molecular complexity index is 484. The molecule has 0 fully saturated rings. The summed E-state index contributed by atoms with van der Waals surface area (Å²) in [6.45, 7) is 6.48. The van der Waals surface area contributed by atoms with Crippen LogP contribution in [0, 0.1) is 6.92 Å². The molecular weight excluding hydrogens is 285 g/mol. The van der Waals surface area contributed by atoms with Gasteiger partial charge in [-0.1, -0.05) is 20.8 Å². The summed E-state index contributed by atoms with van der Waals surface area (Å²) < 4.78 is 40.3. The molecule has 0 aliphatic rings. The van der Waals surface area contributed by atoms with Gasteiger partial charge in [0.25, 0.3) is 0 Å². The van der Waals surface area contributed by atoms with E-state index in [1.165, 1.54) is 0 Å².